The molecule has 3 aromatic carbocycles. The van der Waals surface area contributed by atoms with Crippen molar-refractivity contribution in [2.45, 2.75) is 17.9 Å². The number of ether oxygens (including phenoxy) is 1. The van der Waals surface area contributed by atoms with Crippen molar-refractivity contribution in [3.63, 3.8) is 0 Å². The van der Waals surface area contributed by atoms with E-state index in [1.165, 1.54) is 17.1 Å². The Labute approximate surface area is 191 Å². The molecule has 1 aliphatic rings. The summed E-state index contributed by atoms with van der Waals surface area (Å²) >= 11 is 0. The highest BCUT2D eigenvalue weighted by molar-refractivity contribution is 7.90. The number of amidine groups is 1. The SMILES string of the molecule is COc1ccc(N=N[C@H]2C(=O)N(c3ccccc3)NC2=NS(=O)(=O)c2ccc(C)cc2)cc1. The van der Waals surface area contributed by atoms with Crippen molar-refractivity contribution in [1.82, 2.24) is 5.43 Å². The Balaban J connectivity index is 1.71. The van der Waals surface area contributed by atoms with Crippen LogP contribution in [0.25, 0.3) is 0 Å². The molecule has 10 heteroatoms. The molecule has 1 heterocycles. The fourth-order valence-corrected chi connectivity index (χ4v) is 4.06. The largest absolute Gasteiger partial charge is 0.497 e. The third-order valence-corrected chi connectivity index (χ3v) is 6.16. The zero-order valence-corrected chi connectivity index (χ0v) is 18.7. The summed E-state index contributed by atoms with van der Waals surface area (Å²) in [7, 11) is -2.54. The number of methoxy groups -OCH3 is 1. The van der Waals surface area contributed by atoms with E-state index in [0.29, 0.717) is 17.1 Å². The zero-order chi connectivity index (χ0) is 23.4. The Hall–Kier alpha value is -4.05. The summed E-state index contributed by atoms with van der Waals surface area (Å²) in [6.45, 7) is 1.85. The molecule has 3 aromatic rings. The van der Waals surface area contributed by atoms with Crippen LogP contribution in [0.15, 0.2) is 98.4 Å². The van der Waals surface area contributed by atoms with Gasteiger partial charge in [-0.05, 0) is 55.5 Å². The lowest BCUT2D eigenvalue weighted by atomic mass is 10.2. The number of carbonyl (C=O) groups is 1. The van der Waals surface area contributed by atoms with E-state index in [-0.39, 0.29) is 10.7 Å². The van der Waals surface area contributed by atoms with E-state index in [4.69, 9.17) is 4.74 Å². The fourth-order valence-electron chi connectivity index (χ4n) is 3.08. The Morgan fingerprint density at radius 1 is 0.939 bits per heavy atom. The van der Waals surface area contributed by atoms with Crippen molar-refractivity contribution in [2.75, 3.05) is 12.1 Å². The van der Waals surface area contributed by atoms with Gasteiger partial charge in [0.2, 0.25) is 6.04 Å². The maximum Gasteiger partial charge on any atom is 0.284 e. The van der Waals surface area contributed by atoms with E-state index < -0.39 is 22.0 Å². The average molecular weight is 464 g/mol. The zero-order valence-electron chi connectivity index (χ0n) is 17.9. The van der Waals surface area contributed by atoms with Gasteiger partial charge in [0.05, 0.1) is 23.4 Å². The van der Waals surface area contributed by atoms with E-state index >= 15 is 0 Å². The standard InChI is InChI=1S/C23H21N5O4S/c1-16-8-14-20(15-9-16)33(30,31)27-22-21(25-24-17-10-12-19(32-2)13-11-17)23(29)28(26-22)18-6-4-3-5-7-18/h3-15,21H,1-2H3,(H,26,27)/t21-/m1/s1. The maximum absolute atomic E-state index is 13.1. The van der Waals surface area contributed by atoms with E-state index in [9.17, 15) is 13.2 Å². The topological polar surface area (TPSA) is 113 Å². The predicted molar refractivity (Wildman–Crippen MR) is 124 cm³/mol. The second-order valence-corrected chi connectivity index (χ2v) is 8.81. The van der Waals surface area contributed by atoms with Gasteiger partial charge in [0.25, 0.3) is 15.9 Å². The van der Waals surface area contributed by atoms with Crippen LogP contribution in [0, 0.1) is 6.92 Å². The third-order valence-electron chi connectivity index (χ3n) is 4.85. The Bertz CT molecular complexity index is 1310. The number of carbonyl (C=O) groups excluding carboxylic acids is 1. The molecule has 1 amide bonds. The number of nitrogens with one attached hydrogen (secondary N) is 1. The number of hydrogen-bond acceptors (Lipinski definition) is 6. The number of azo groups is 1. The summed E-state index contributed by atoms with van der Waals surface area (Å²) in [6, 6.07) is 20.5. The van der Waals surface area contributed by atoms with Crippen LogP contribution in [0.4, 0.5) is 11.4 Å². The van der Waals surface area contributed by atoms with Crippen LogP contribution in [0.1, 0.15) is 5.56 Å². The second kappa shape index (κ2) is 9.21. The molecule has 9 nitrogen and oxygen atoms in total. The van der Waals surface area contributed by atoms with Gasteiger partial charge in [0.15, 0.2) is 5.84 Å². The number of anilines is 1. The summed E-state index contributed by atoms with van der Waals surface area (Å²) in [6.07, 6.45) is 0. The predicted octanol–water partition coefficient (Wildman–Crippen LogP) is 3.79. The summed E-state index contributed by atoms with van der Waals surface area (Å²) < 4.78 is 34.8. The minimum Gasteiger partial charge on any atom is -0.497 e. The first-order valence-electron chi connectivity index (χ1n) is 9.99. The lowest BCUT2D eigenvalue weighted by Crippen LogP contribution is -2.36. The Kier molecular flexibility index (Phi) is 6.18. The van der Waals surface area contributed by atoms with Crippen molar-refractivity contribution >= 4 is 33.1 Å². The van der Waals surface area contributed by atoms with Crippen molar-refractivity contribution in [3.8, 4) is 5.75 Å². The highest BCUT2D eigenvalue weighted by Crippen LogP contribution is 2.23. The van der Waals surface area contributed by atoms with Crippen LogP contribution < -0.4 is 15.2 Å². The van der Waals surface area contributed by atoms with Crippen molar-refractivity contribution in [3.05, 3.63) is 84.4 Å². The molecular weight excluding hydrogens is 442 g/mol. The van der Waals surface area contributed by atoms with Crippen molar-refractivity contribution < 1.29 is 17.9 Å². The molecule has 0 saturated carbocycles. The first kappa shape index (κ1) is 22.2. The first-order chi connectivity index (χ1) is 15.9. The molecule has 0 radical (unpaired) electrons. The molecule has 4 rings (SSSR count). The van der Waals surface area contributed by atoms with E-state index in [1.807, 2.05) is 13.0 Å². The lowest BCUT2D eigenvalue weighted by Gasteiger charge is -2.15. The maximum atomic E-state index is 13.1. The third kappa shape index (κ3) is 4.90. The summed E-state index contributed by atoms with van der Waals surface area (Å²) in [5.74, 6) is 0.00672. The lowest BCUT2D eigenvalue weighted by molar-refractivity contribution is -0.117. The van der Waals surface area contributed by atoms with Gasteiger partial charge >= 0.3 is 0 Å². The number of sulfonamides is 1. The van der Waals surface area contributed by atoms with Crippen LogP contribution in [-0.2, 0) is 14.8 Å². The molecule has 1 aliphatic heterocycles. The van der Waals surface area contributed by atoms with Crippen LogP contribution >= 0.6 is 0 Å². The molecule has 0 aliphatic carbocycles. The van der Waals surface area contributed by atoms with E-state index in [1.54, 1.807) is 67.8 Å². The van der Waals surface area contributed by atoms with Gasteiger partial charge < -0.3 is 4.74 Å². The number of amides is 1. The Morgan fingerprint density at radius 2 is 1.61 bits per heavy atom. The van der Waals surface area contributed by atoms with Gasteiger partial charge in [-0.2, -0.15) is 18.6 Å². The van der Waals surface area contributed by atoms with Gasteiger partial charge in [-0.25, -0.2) is 5.01 Å². The number of nitrogens with zero attached hydrogens (tertiary/aromatic N) is 4. The summed E-state index contributed by atoms with van der Waals surface area (Å²) in [5.41, 5.74) is 4.69. The number of hydrazine groups is 1. The Morgan fingerprint density at radius 3 is 2.24 bits per heavy atom. The molecule has 0 bridgehead atoms. The highest BCUT2D eigenvalue weighted by atomic mass is 32.2. The molecule has 1 fully saturated rings. The molecule has 1 atom stereocenters. The molecule has 0 spiro atoms. The van der Waals surface area contributed by atoms with Gasteiger partial charge in [-0.3, -0.25) is 10.2 Å². The molecule has 1 saturated heterocycles. The van der Waals surface area contributed by atoms with Gasteiger partial charge in [-0.1, -0.05) is 35.9 Å². The summed E-state index contributed by atoms with van der Waals surface area (Å²) in [5, 5.41) is 9.44. The van der Waals surface area contributed by atoms with Crippen molar-refractivity contribution in [1.29, 1.82) is 0 Å². The highest BCUT2D eigenvalue weighted by Gasteiger charge is 2.40. The number of aryl methyl sites for hydroxylation is 1. The van der Waals surface area contributed by atoms with Crippen LogP contribution in [0.3, 0.4) is 0 Å². The van der Waals surface area contributed by atoms with Crippen LogP contribution in [0.2, 0.25) is 0 Å². The quantitative estimate of drug-likeness (QED) is 0.559. The van der Waals surface area contributed by atoms with Crippen LogP contribution in [0.5, 0.6) is 5.75 Å². The van der Waals surface area contributed by atoms with E-state index in [0.717, 1.165) is 5.56 Å². The van der Waals surface area contributed by atoms with Gasteiger partial charge in [-0.15, -0.1) is 4.40 Å². The van der Waals surface area contributed by atoms with Crippen molar-refractivity contribution in [2.24, 2.45) is 14.6 Å². The molecule has 0 unspecified atom stereocenters. The molecule has 0 aromatic heterocycles. The normalized spacial score (nSPS) is 17.5. The second-order valence-electron chi connectivity index (χ2n) is 7.20. The number of rotatable bonds is 6. The smallest absolute Gasteiger partial charge is 0.284 e. The fraction of sp³-hybridized carbons (Fsp3) is 0.130. The number of hydrogen-bond donors (Lipinski definition) is 1. The van der Waals surface area contributed by atoms with Gasteiger partial charge in [0, 0.05) is 0 Å². The minimum absolute atomic E-state index is 0.0128. The molecule has 168 valence electrons. The van der Waals surface area contributed by atoms with Crippen LogP contribution in [-0.4, -0.2) is 33.3 Å². The summed E-state index contributed by atoms with van der Waals surface area (Å²) in [4.78, 5) is 13.1. The monoisotopic (exact) mass is 463 g/mol. The van der Waals surface area contributed by atoms with E-state index in [2.05, 4.69) is 20.1 Å². The average Bonchev–Trinajstić information content (AvgIpc) is 3.13. The molecule has 33 heavy (non-hydrogen) atoms. The van der Waals surface area contributed by atoms with Gasteiger partial charge in [0.1, 0.15) is 5.75 Å². The molecule has 1 N–H and O–H groups in total. The molecular formula is C23H21N5O4S. The first-order valence-corrected chi connectivity index (χ1v) is 11.4. The minimum atomic E-state index is -4.09. The number of para-hydroxylation sites is 1. The number of benzene rings is 3.